The van der Waals surface area contributed by atoms with Gasteiger partial charge in [0.1, 0.15) is 12.4 Å². The molecule has 4 N–H and O–H groups in total. The average Bonchev–Trinajstić information content (AvgIpc) is 1.99. The van der Waals surface area contributed by atoms with Gasteiger partial charge in [-0.25, -0.2) is 4.57 Å². The summed E-state index contributed by atoms with van der Waals surface area (Å²) < 4.78 is 14.0. The predicted molar refractivity (Wildman–Crippen MR) is 40.7 cm³/mol. The van der Waals surface area contributed by atoms with E-state index in [1.165, 1.54) is 0 Å². The number of aldehydes is 1. The van der Waals surface area contributed by atoms with E-state index in [1.807, 2.05) is 0 Å². The van der Waals surface area contributed by atoms with Crippen LogP contribution in [0.5, 0.6) is 0 Å². The SMILES string of the molecule is O=CC[C@@H](O)[C@H](O)COP(=O)(O)O. The minimum atomic E-state index is -4.64. The van der Waals surface area contributed by atoms with Crippen molar-refractivity contribution in [2.24, 2.45) is 0 Å². The molecule has 13 heavy (non-hydrogen) atoms. The molecule has 0 aromatic rings. The summed E-state index contributed by atoms with van der Waals surface area (Å²) in [4.78, 5) is 26.3. The fraction of sp³-hybridized carbons (Fsp3) is 0.800. The van der Waals surface area contributed by atoms with Gasteiger partial charge < -0.3 is 24.8 Å². The molecule has 0 saturated carbocycles. The lowest BCUT2D eigenvalue weighted by Crippen LogP contribution is -2.30. The number of hydrogen-bond acceptors (Lipinski definition) is 5. The Labute approximate surface area is 74.2 Å². The third-order valence-corrected chi connectivity index (χ3v) is 1.68. The van der Waals surface area contributed by atoms with Gasteiger partial charge in [-0.3, -0.25) is 4.52 Å². The zero-order chi connectivity index (χ0) is 10.5. The van der Waals surface area contributed by atoms with E-state index in [9.17, 15) is 9.36 Å². The van der Waals surface area contributed by atoms with E-state index >= 15 is 0 Å². The number of hydrogen-bond donors (Lipinski definition) is 4. The lowest BCUT2D eigenvalue weighted by molar-refractivity contribution is -0.111. The van der Waals surface area contributed by atoms with E-state index in [0.29, 0.717) is 6.29 Å². The molecule has 0 aliphatic carbocycles. The van der Waals surface area contributed by atoms with Gasteiger partial charge in [-0.05, 0) is 0 Å². The van der Waals surface area contributed by atoms with Crippen molar-refractivity contribution in [3.63, 3.8) is 0 Å². The third-order valence-electron chi connectivity index (χ3n) is 1.20. The van der Waals surface area contributed by atoms with Gasteiger partial charge in [0.25, 0.3) is 0 Å². The molecule has 0 bridgehead atoms. The second-order valence-corrected chi connectivity index (χ2v) is 3.56. The van der Waals surface area contributed by atoms with Gasteiger partial charge in [-0.1, -0.05) is 0 Å². The Morgan fingerprint density at radius 3 is 2.23 bits per heavy atom. The van der Waals surface area contributed by atoms with E-state index in [0.717, 1.165) is 0 Å². The highest BCUT2D eigenvalue weighted by atomic mass is 31.2. The van der Waals surface area contributed by atoms with Crippen LogP contribution in [0.4, 0.5) is 0 Å². The molecule has 0 spiro atoms. The Kier molecular flexibility index (Phi) is 5.31. The van der Waals surface area contributed by atoms with Crippen LogP contribution < -0.4 is 0 Å². The zero-order valence-electron chi connectivity index (χ0n) is 6.61. The van der Waals surface area contributed by atoms with Gasteiger partial charge in [0.2, 0.25) is 0 Å². The Bertz CT molecular complexity index is 199. The maximum atomic E-state index is 10.1. The molecular formula is C5H11O7P. The number of aliphatic hydroxyl groups is 2. The topological polar surface area (TPSA) is 124 Å². The summed E-state index contributed by atoms with van der Waals surface area (Å²) in [6.07, 6.45) is -2.79. The van der Waals surface area contributed by atoms with Gasteiger partial charge in [-0.15, -0.1) is 0 Å². The first-order chi connectivity index (χ1) is 5.87. The van der Waals surface area contributed by atoms with Crippen LogP contribution in [-0.2, 0) is 13.9 Å². The Morgan fingerprint density at radius 1 is 1.31 bits per heavy atom. The first-order valence-corrected chi connectivity index (χ1v) is 4.89. The summed E-state index contributed by atoms with van der Waals surface area (Å²) in [5.41, 5.74) is 0. The predicted octanol–water partition coefficient (Wildman–Crippen LogP) is -1.59. The maximum absolute atomic E-state index is 10.1. The molecule has 2 atom stereocenters. The molecule has 0 heterocycles. The highest BCUT2D eigenvalue weighted by Crippen LogP contribution is 2.35. The fourth-order valence-corrected chi connectivity index (χ4v) is 0.887. The quantitative estimate of drug-likeness (QED) is 0.310. The van der Waals surface area contributed by atoms with Crippen molar-refractivity contribution in [3.8, 4) is 0 Å². The summed E-state index contributed by atoms with van der Waals surface area (Å²) in [7, 11) is -4.64. The van der Waals surface area contributed by atoms with E-state index in [-0.39, 0.29) is 6.42 Å². The summed E-state index contributed by atoms with van der Waals surface area (Å²) >= 11 is 0. The van der Waals surface area contributed by atoms with Crippen LogP contribution in [0.15, 0.2) is 0 Å². The number of phosphoric ester groups is 1. The minimum absolute atomic E-state index is 0.314. The van der Waals surface area contributed by atoms with Crippen LogP contribution in [-0.4, -0.2) is 45.1 Å². The Hall–Kier alpha value is -0.300. The normalized spacial score (nSPS) is 16.6. The molecule has 7 nitrogen and oxygen atoms in total. The van der Waals surface area contributed by atoms with Crippen molar-refractivity contribution >= 4 is 14.1 Å². The van der Waals surface area contributed by atoms with Crippen LogP contribution in [0, 0.1) is 0 Å². The Morgan fingerprint density at radius 2 is 1.85 bits per heavy atom. The van der Waals surface area contributed by atoms with E-state index < -0.39 is 26.6 Å². The number of rotatable bonds is 6. The molecular weight excluding hydrogens is 203 g/mol. The molecule has 0 aliphatic heterocycles. The van der Waals surface area contributed by atoms with E-state index in [1.54, 1.807) is 0 Å². The van der Waals surface area contributed by atoms with Crippen molar-refractivity contribution in [3.05, 3.63) is 0 Å². The first-order valence-electron chi connectivity index (χ1n) is 3.36. The van der Waals surface area contributed by atoms with Crippen LogP contribution in [0.1, 0.15) is 6.42 Å². The van der Waals surface area contributed by atoms with Gasteiger partial charge in [0.15, 0.2) is 0 Å². The van der Waals surface area contributed by atoms with Crippen molar-refractivity contribution in [2.45, 2.75) is 18.6 Å². The van der Waals surface area contributed by atoms with Crippen LogP contribution in [0.25, 0.3) is 0 Å². The van der Waals surface area contributed by atoms with Gasteiger partial charge in [0, 0.05) is 6.42 Å². The van der Waals surface area contributed by atoms with Crippen molar-refractivity contribution in [1.29, 1.82) is 0 Å². The summed E-state index contributed by atoms with van der Waals surface area (Å²) in [6.45, 7) is -0.723. The first kappa shape index (κ1) is 12.7. The second kappa shape index (κ2) is 5.43. The second-order valence-electron chi connectivity index (χ2n) is 2.32. The molecule has 0 aromatic carbocycles. The Balaban J connectivity index is 3.80. The molecule has 0 radical (unpaired) electrons. The molecule has 0 amide bonds. The van der Waals surface area contributed by atoms with Crippen LogP contribution in [0.2, 0.25) is 0 Å². The lowest BCUT2D eigenvalue weighted by Gasteiger charge is -2.15. The largest absolute Gasteiger partial charge is 0.469 e. The van der Waals surface area contributed by atoms with Gasteiger partial charge in [0.05, 0.1) is 12.7 Å². The number of aliphatic hydroxyl groups excluding tert-OH is 2. The van der Waals surface area contributed by atoms with Crippen molar-refractivity contribution < 1.29 is 33.9 Å². The summed E-state index contributed by atoms with van der Waals surface area (Å²) in [5.74, 6) is 0. The smallest absolute Gasteiger partial charge is 0.390 e. The lowest BCUT2D eigenvalue weighted by atomic mass is 10.2. The average molecular weight is 214 g/mol. The highest BCUT2D eigenvalue weighted by Gasteiger charge is 2.21. The van der Waals surface area contributed by atoms with Crippen LogP contribution in [0.3, 0.4) is 0 Å². The number of carbonyl (C=O) groups is 1. The van der Waals surface area contributed by atoms with Crippen molar-refractivity contribution in [1.82, 2.24) is 0 Å². The van der Waals surface area contributed by atoms with E-state index in [2.05, 4.69) is 4.52 Å². The molecule has 0 rings (SSSR count). The van der Waals surface area contributed by atoms with Crippen LogP contribution >= 0.6 is 7.82 Å². The van der Waals surface area contributed by atoms with Gasteiger partial charge >= 0.3 is 7.82 Å². The molecule has 0 unspecified atom stereocenters. The molecule has 0 aliphatic rings. The third kappa shape index (κ3) is 6.83. The number of carbonyl (C=O) groups excluding carboxylic acids is 1. The fourth-order valence-electron chi connectivity index (χ4n) is 0.540. The highest BCUT2D eigenvalue weighted by molar-refractivity contribution is 7.46. The molecule has 78 valence electrons. The molecule has 0 fully saturated rings. The molecule has 8 heteroatoms. The monoisotopic (exact) mass is 214 g/mol. The van der Waals surface area contributed by atoms with Gasteiger partial charge in [-0.2, -0.15) is 0 Å². The zero-order valence-corrected chi connectivity index (χ0v) is 7.50. The minimum Gasteiger partial charge on any atom is -0.390 e. The number of phosphoric acid groups is 1. The summed E-state index contributed by atoms with van der Waals surface area (Å²) in [6, 6.07) is 0. The maximum Gasteiger partial charge on any atom is 0.469 e. The molecule has 0 saturated heterocycles. The molecule has 0 aromatic heterocycles. The standard InChI is InChI=1S/C5H11O7P/c6-2-1-4(7)5(8)3-12-13(9,10)11/h2,4-5,7-8H,1,3H2,(H2,9,10,11)/t4-,5-/m1/s1. The van der Waals surface area contributed by atoms with Crippen molar-refractivity contribution in [2.75, 3.05) is 6.61 Å². The summed E-state index contributed by atoms with van der Waals surface area (Å²) in [5, 5.41) is 17.8. The van der Waals surface area contributed by atoms with E-state index in [4.69, 9.17) is 20.0 Å².